The Morgan fingerprint density at radius 3 is 2.75 bits per heavy atom. The minimum Gasteiger partial charge on any atom is -0.355 e. The lowest BCUT2D eigenvalue weighted by Crippen LogP contribution is -2.59. The minimum absolute atomic E-state index is 0.0722. The lowest BCUT2D eigenvalue weighted by Gasteiger charge is -2.30. The quantitative estimate of drug-likeness (QED) is 0.512. The Hall–Kier alpha value is -0.610. The van der Waals surface area contributed by atoms with Gasteiger partial charge >= 0.3 is 0 Å². The van der Waals surface area contributed by atoms with Crippen LogP contribution in [0, 0.1) is 0 Å². The number of hydrogen-bond donors (Lipinski definition) is 3. The van der Waals surface area contributed by atoms with E-state index in [1.165, 1.54) is 0 Å². The van der Waals surface area contributed by atoms with Crippen LogP contribution in [0.2, 0.25) is 0 Å². The summed E-state index contributed by atoms with van der Waals surface area (Å²) in [5.74, 6) is 0.0874. The van der Waals surface area contributed by atoms with Crippen molar-refractivity contribution in [3.63, 3.8) is 0 Å². The van der Waals surface area contributed by atoms with E-state index in [0.29, 0.717) is 12.6 Å². The van der Waals surface area contributed by atoms with E-state index in [1.807, 2.05) is 13.8 Å². The molecule has 1 amide bonds. The van der Waals surface area contributed by atoms with Crippen molar-refractivity contribution in [2.45, 2.75) is 25.9 Å². The van der Waals surface area contributed by atoms with Gasteiger partial charge in [-0.15, -0.1) is 0 Å². The normalized spacial score (nSPS) is 19.8. The molecule has 1 fully saturated rings. The smallest absolute Gasteiger partial charge is 0.236 e. The highest BCUT2D eigenvalue weighted by Crippen LogP contribution is 1.93. The molecule has 0 aromatic heterocycles. The molecule has 0 aromatic rings. The Morgan fingerprint density at radius 2 is 2.33 bits per heavy atom. The molecule has 1 aliphatic rings. The molecule has 0 aliphatic carbocycles. The number of nitrogens with one attached hydrogen (secondary N) is 3. The van der Waals surface area contributed by atoms with E-state index >= 15 is 0 Å². The summed E-state index contributed by atoms with van der Waals surface area (Å²) in [4.78, 5) is 11.2. The van der Waals surface area contributed by atoms with Gasteiger partial charge < -0.3 is 16.0 Å². The molecule has 1 aliphatic heterocycles. The molecule has 1 rings (SSSR count). The lowest BCUT2D eigenvalue weighted by molar-refractivity contribution is -0.122. The molecule has 70 valence electrons. The van der Waals surface area contributed by atoms with Crippen molar-refractivity contribution in [1.82, 2.24) is 16.0 Å². The highest BCUT2D eigenvalue weighted by atomic mass is 16.2. The van der Waals surface area contributed by atoms with Crippen LogP contribution in [0.3, 0.4) is 0 Å². The highest BCUT2D eigenvalue weighted by molar-refractivity contribution is 5.81. The van der Waals surface area contributed by atoms with Gasteiger partial charge in [0.15, 0.2) is 0 Å². The van der Waals surface area contributed by atoms with Gasteiger partial charge in [0.1, 0.15) is 0 Å². The number of amides is 1. The molecule has 0 radical (unpaired) electrons. The molecule has 1 unspecified atom stereocenters. The number of hydrogen-bond acceptors (Lipinski definition) is 3. The summed E-state index contributed by atoms with van der Waals surface area (Å²) in [6, 6.07) is 0.402. The minimum atomic E-state index is -0.0722. The molecule has 1 saturated heterocycles. The van der Waals surface area contributed by atoms with Crippen LogP contribution in [-0.2, 0) is 4.79 Å². The molecule has 4 nitrogen and oxygen atoms in total. The summed E-state index contributed by atoms with van der Waals surface area (Å²) in [5.41, 5.74) is 0. The maximum Gasteiger partial charge on any atom is 0.236 e. The Labute approximate surface area is 73.1 Å². The van der Waals surface area contributed by atoms with Gasteiger partial charge in [-0.3, -0.25) is 4.79 Å². The third kappa shape index (κ3) is 2.46. The number of carbonyl (C=O) groups is 1. The van der Waals surface area contributed by atoms with Crippen LogP contribution in [-0.4, -0.2) is 37.6 Å². The van der Waals surface area contributed by atoms with E-state index in [0.717, 1.165) is 13.1 Å². The molecule has 0 spiro atoms. The van der Waals surface area contributed by atoms with Crippen LogP contribution in [0.4, 0.5) is 0 Å². The molecule has 12 heavy (non-hydrogen) atoms. The fourth-order valence-electron chi connectivity index (χ4n) is 1.16. The zero-order valence-corrected chi connectivity index (χ0v) is 7.68. The zero-order chi connectivity index (χ0) is 8.97. The molecular weight excluding hydrogens is 154 g/mol. The van der Waals surface area contributed by atoms with Gasteiger partial charge in [-0.05, 0) is 13.8 Å². The van der Waals surface area contributed by atoms with Gasteiger partial charge in [0, 0.05) is 25.7 Å². The third-order valence-electron chi connectivity index (χ3n) is 2.01. The van der Waals surface area contributed by atoms with Gasteiger partial charge in [0.05, 0.1) is 6.04 Å². The van der Waals surface area contributed by atoms with Crippen LogP contribution in [0.5, 0.6) is 0 Å². The fourth-order valence-corrected chi connectivity index (χ4v) is 1.16. The van der Waals surface area contributed by atoms with E-state index in [-0.39, 0.29) is 11.9 Å². The lowest BCUT2D eigenvalue weighted by atomic mass is 10.1. The Morgan fingerprint density at radius 1 is 1.67 bits per heavy atom. The molecule has 0 bridgehead atoms. The van der Waals surface area contributed by atoms with E-state index in [4.69, 9.17) is 0 Å². The highest BCUT2D eigenvalue weighted by Gasteiger charge is 2.21. The van der Waals surface area contributed by atoms with Crippen molar-refractivity contribution in [2.24, 2.45) is 0 Å². The fraction of sp³-hybridized carbons (Fsp3) is 0.875. The summed E-state index contributed by atoms with van der Waals surface area (Å²) in [7, 11) is 0. The monoisotopic (exact) mass is 171 g/mol. The van der Waals surface area contributed by atoms with Crippen LogP contribution in [0.25, 0.3) is 0 Å². The average molecular weight is 171 g/mol. The van der Waals surface area contributed by atoms with Crippen molar-refractivity contribution in [3.8, 4) is 0 Å². The first-order valence-corrected chi connectivity index (χ1v) is 4.48. The first-order chi connectivity index (χ1) is 5.74. The molecule has 0 saturated carbocycles. The van der Waals surface area contributed by atoms with Crippen molar-refractivity contribution in [2.75, 3.05) is 19.6 Å². The summed E-state index contributed by atoms with van der Waals surface area (Å²) < 4.78 is 0. The molecule has 1 atom stereocenters. The van der Waals surface area contributed by atoms with Crippen LogP contribution < -0.4 is 16.0 Å². The van der Waals surface area contributed by atoms with E-state index < -0.39 is 0 Å². The van der Waals surface area contributed by atoms with Gasteiger partial charge in [-0.1, -0.05) is 0 Å². The summed E-state index contributed by atoms with van der Waals surface area (Å²) >= 11 is 0. The van der Waals surface area contributed by atoms with Crippen molar-refractivity contribution in [3.05, 3.63) is 0 Å². The predicted octanol–water partition coefficient (Wildman–Crippen LogP) is -0.928. The summed E-state index contributed by atoms with van der Waals surface area (Å²) in [6.07, 6.45) is 0. The first-order valence-electron chi connectivity index (χ1n) is 4.48. The third-order valence-corrected chi connectivity index (χ3v) is 2.01. The summed E-state index contributed by atoms with van der Waals surface area (Å²) in [5, 5.41) is 9.15. The van der Waals surface area contributed by atoms with E-state index in [9.17, 15) is 4.79 Å². The second kappa shape index (κ2) is 4.42. The maximum atomic E-state index is 11.2. The second-order valence-corrected chi connectivity index (χ2v) is 3.14. The van der Waals surface area contributed by atoms with Gasteiger partial charge in [-0.2, -0.15) is 0 Å². The average Bonchev–Trinajstić information content (AvgIpc) is 1.97. The molecular formula is C8H17N3O. The van der Waals surface area contributed by atoms with Gasteiger partial charge in [0.25, 0.3) is 0 Å². The van der Waals surface area contributed by atoms with Crippen molar-refractivity contribution in [1.29, 1.82) is 0 Å². The SMILES string of the molecule is CCNC(=O)C(C)NC1CNC1. The topological polar surface area (TPSA) is 53.2 Å². The van der Waals surface area contributed by atoms with Crippen molar-refractivity contribution < 1.29 is 4.79 Å². The van der Waals surface area contributed by atoms with E-state index in [2.05, 4.69) is 16.0 Å². The second-order valence-electron chi connectivity index (χ2n) is 3.14. The first kappa shape index (κ1) is 9.48. The Kier molecular flexibility index (Phi) is 3.49. The summed E-state index contributed by atoms with van der Waals surface area (Å²) in [6.45, 7) is 6.47. The Balaban J connectivity index is 2.16. The molecule has 4 heteroatoms. The number of carbonyl (C=O) groups excluding carboxylic acids is 1. The Bertz CT molecular complexity index is 156. The largest absolute Gasteiger partial charge is 0.355 e. The standard InChI is InChI=1S/C8H17N3O/c1-3-10-8(12)6(2)11-7-4-9-5-7/h6-7,9,11H,3-5H2,1-2H3,(H,10,12). The molecule has 0 aromatic carbocycles. The number of likely N-dealkylation sites (N-methyl/N-ethyl adjacent to an activating group) is 1. The van der Waals surface area contributed by atoms with Crippen LogP contribution >= 0.6 is 0 Å². The molecule has 1 heterocycles. The maximum absolute atomic E-state index is 11.2. The van der Waals surface area contributed by atoms with Crippen LogP contribution in [0.1, 0.15) is 13.8 Å². The molecule has 3 N–H and O–H groups in total. The predicted molar refractivity (Wildman–Crippen MR) is 47.9 cm³/mol. The van der Waals surface area contributed by atoms with Crippen LogP contribution in [0.15, 0.2) is 0 Å². The zero-order valence-electron chi connectivity index (χ0n) is 7.68. The van der Waals surface area contributed by atoms with Gasteiger partial charge in [0.2, 0.25) is 5.91 Å². The van der Waals surface area contributed by atoms with Gasteiger partial charge in [-0.25, -0.2) is 0 Å². The number of rotatable bonds is 4. The van der Waals surface area contributed by atoms with Crippen molar-refractivity contribution >= 4 is 5.91 Å². The van der Waals surface area contributed by atoms with E-state index in [1.54, 1.807) is 0 Å².